The van der Waals surface area contributed by atoms with Crippen molar-refractivity contribution >= 4 is 11.7 Å². The highest BCUT2D eigenvalue weighted by Gasteiger charge is 2.09. The van der Waals surface area contributed by atoms with Crippen LogP contribution in [0.15, 0.2) is 42.6 Å². The lowest BCUT2D eigenvalue weighted by Crippen LogP contribution is -2.25. The summed E-state index contributed by atoms with van der Waals surface area (Å²) in [4.78, 5) is 18.8. The molecule has 0 radical (unpaired) electrons. The Bertz CT molecular complexity index is 637. The lowest BCUT2D eigenvalue weighted by Gasteiger charge is -2.20. The summed E-state index contributed by atoms with van der Waals surface area (Å²) < 4.78 is 5.12. The summed E-state index contributed by atoms with van der Waals surface area (Å²) in [6, 6.07) is 11.2. The van der Waals surface area contributed by atoms with E-state index >= 15 is 0 Å². The van der Waals surface area contributed by atoms with Crippen molar-refractivity contribution in [3.63, 3.8) is 0 Å². The number of rotatable bonds is 7. The van der Waals surface area contributed by atoms with Crippen molar-refractivity contribution < 1.29 is 9.53 Å². The number of nitrogens with one attached hydrogen (secondary N) is 1. The number of carbonyl (C=O) groups excluding carboxylic acids is 1. The number of hydrogen-bond acceptors (Lipinski definition) is 4. The van der Waals surface area contributed by atoms with Crippen LogP contribution in [0.5, 0.6) is 5.75 Å². The molecule has 1 amide bonds. The van der Waals surface area contributed by atoms with Crippen LogP contribution in [0.4, 0.5) is 5.82 Å². The molecule has 0 atom stereocenters. The largest absolute Gasteiger partial charge is 0.497 e. The number of pyridine rings is 1. The Morgan fingerprint density at radius 3 is 2.48 bits per heavy atom. The molecule has 5 nitrogen and oxygen atoms in total. The van der Waals surface area contributed by atoms with Crippen molar-refractivity contribution in [1.82, 2.24) is 10.3 Å². The molecule has 122 valence electrons. The van der Waals surface area contributed by atoms with Gasteiger partial charge in [0.15, 0.2) is 0 Å². The highest BCUT2D eigenvalue weighted by atomic mass is 16.5. The molecule has 2 rings (SSSR count). The van der Waals surface area contributed by atoms with Gasteiger partial charge in [-0.3, -0.25) is 4.79 Å². The number of anilines is 1. The van der Waals surface area contributed by atoms with Gasteiger partial charge in [-0.15, -0.1) is 0 Å². The second-order valence-electron chi connectivity index (χ2n) is 5.11. The number of nitrogens with zero attached hydrogens (tertiary/aromatic N) is 2. The summed E-state index contributed by atoms with van der Waals surface area (Å²) in [6.45, 7) is 6.34. The highest BCUT2D eigenvalue weighted by molar-refractivity contribution is 5.94. The molecule has 0 saturated heterocycles. The van der Waals surface area contributed by atoms with Gasteiger partial charge in [-0.1, -0.05) is 12.1 Å². The number of amides is 1. The summed E-state index contributed by atoms with van der Waals surface area (Å²) in [5.41, 5.74) is 1.65. The molecule has 5 heteroatoms. The van der Waals surface area contributed by atoms with Gasteiger partial charge in [0.1, 0.15) is 11.6 Å². The van der Waals surface area contributed by atoms with Gasteiger partial charge in [0.25, 0.3) is 5.91 Å². The minimum absolute atomic E-state index is 0.100. The molecule has 0 aliphatic rings. The van der Waals surface area contributed by atoms with Gasteiger partial charge in [-0.05, 0) is 43.7 Å². The van der Waals surface area contributed by atoms with Crippen molar-refractivity contribution in [2.75, 3.05) is 25.1 Å². The molecule has 0 unspecified atom stereocenters. The van der Waals surface area contributed by atoms with E-state index in [0.29, 0.717) is 12.1 Å². The first-order valence-electron chi connectivity index (χ1n) is 7.80. The zero-order valence-corrected chi connectivity index (χ0v) is 13.9. The molecule has 1 aromatic heterocycles. The van der Waals surface area contributed by atoms with E-state index in [4.69, 9.17) is 4.74 Å². The molecule has 0 bridgehead atoms. The maximum absolute atomic E-state index is 12.3. The molecule has 1 N–H and O–H groups in total. The van der Waals surface area contributed by atoms with E-state index < -0.39 is 0 Å². The van der Waals surface area contributed by atoms with Gasteiger partial charge >= 0.3 is 0 Å². The predicted octanol–water partition coefficient (Wildman–Crippen LogP) is 2.87. The fourth-order valence-corrected chi connectivity index (χ4v) is 2.31. The number of hydrogen-bond donors (Lipinski definition) is 1. The molecule has 23 heavy (non-hydrogen) atoms. The zero-order valence-electron chi connectivity index (χ0n) is 13.9. The monoisotopic (exact) mass is 313 g/mol. The summed E-state index contributed by atoms with van der Waals surface area (Å²) in [6.07, 6.45) is 1.68. The van der Waals surface area contributed by atoms with Gasteiger partial charge in [0.2, 0.25) is 0 Å². The first-order valence-corrected chi connectivity index (χ1v) is 7.80. The summed E-state index contributed by atoms with van der Waals surface area (Å²) >= 11 is 0. The molecule has 0 aliphatic carbocycles. The topological polar surface area (TPSA) is 54.5 Å². The summed E-state index contributed by atoms with van der Waals surface area (Å²) in [5, 5.41) is 2.93. The minimum atomic E-state index is -0.100. The van der Waals surface area contributed by atoms with Crippen molar-refractivity contribution in [2.45, 2.75) is 20.4 Å². The van der Waals surface area contributed by atoms with Crippen molar-refractivity contribution in [1.29, 1.82) is 0 Å². The smallest absolute Gasteiger partial charge is 0.251 e. The van der Waals surface area contributed by atoms with Crippen molar-refractivity contribution in [3.05, 3.63) is 53.7 Å². The third-order valence-corrected chi connectivity index (χ3v) is 3.71. The Balaban J connectivity index is 2.01. The Morgan fingerprint density at radius 1 is 1.17 bits per heavy atom. The van der Waals surface area contributed by atoms with E-state index in [9.17, 15) is 4.79 Å². The normalized spacial score (nSPS) is 10.2. The zero-order chi connectivity index (χ0) is 16.7. The van der Waals surface area contributed by atoms with E-state index in [1.54, 1.807) is 19.4 Å². The molecule has 0 aliphatic heterocycles. The van der Waals surface area contributed by atoms with Crippen molar-refractivity contribution in [3.8, 4) is 5.75 Å². The quantitative estimate of drug-likeness (QED) is 0.854. The van der Waals surface area contributed by atoms with Gasteiger partial charge < -0.3 is 15.0 Å². The van der Waals surface area contributed by atoms with Crippen LogP contribution in [0.3, 0.4) is 0 Å². The Labute approximate surface area is 137 Å². The van der Waals surface area contributed by atoms with Crippen LogP contribution in [0.25, 0.3) is 0 Å². The molecule has 1 heterocycles. The van der Waals surface area contributed by atoms with Crippen LogP contribution in [-0.4, -0.2) is 31.1 Å². The van der Waals surface area contributed by atoms with Crippen LogP contribution in [-0.2, 0) is 6.54 Å². The third-order valence-electron chi connectivity index (χ3n) is 3.71. The second-order valence-corrected chi connectivity index (χ2v) is 5.11. The molecule has 2 aromatic rings. The fourth-order valence-electron chi connectivity index (χ4n) is 2.31. The van der Waals surface area contributed by atoms with E-state index in [0.717, 1.165) is 30.2 Å². The number of ether oxygens (including phenoxy) is 1. The lowest BCUT2D eigenvalue weighted by molar-refractivity contribution is 0.0951. The van der Waals surface area contributed by atoms with E-state index in [1.807, 2.05) is 30.3 Å². The number of aromatic nitrogens is 1. The van der Waals surface area contributed by atoms with Crippen LogP contribution in [0.1, 0.15) is 29.8 Å². The number of methoxy groups -OCH3 is 1. The first kappa shape index (κ1) is 16.8. The average Bonchev–Trinajstić information content (AvgIpc) is 2.61. The molecule has 1 aromatic carbocycles. The Morgan fingerprint density at radius 2 is 1.87 bits per heavy atom. The molecular weight excluding hydrogens is 290 g/mol. The summed E-state index contributed by atoms with van der Waals surface area (Å²) in [5.74, 6) is 1.53. The number of carbonyl (C=O) groups is 1. The third kappa shape index (κ3) is 4.45. The second kappa shape index (κ2) is 8.17. The van der Waals surface area contributed by atoms with Crippen LogP contribution < -0.4 is 15.0 Å². The van der Waals surface area contributed by atoms with Gasteiger partial charge in [-0.2, -0.15) is 0 Å². The summed E-state index contributed by atoms with van der Waals surface area (Å²) in [7, 11) is 1.63. The molecule has 0 fully saturated rings. The molecule has 0 saturated carbocycles. The SMILES string of the molecule is CCN(CC)c1cc(C(=O)NCc2ccc(OC)cc2)ccn1. The Hall–Kier alpha value is -2.56. The minimum Gasteiger partial charge on any atom is -0.497 e. The van der Waals surface area contributed by atoms with E-state index in [2.05, 4.69) is 29.0 Å². The van der Waals surface area contributed by atoms with Crippen LogP contribution >= 0.6 is 0 Å². The lowest BCUT2D eigenvalue weighted by atomic mass is 10.2. The predicted molar refractivity (Wildman–Crippen MR) is 92.0 cm³/mol. The Kier molecular flexibility index (Phi) is 5.97. The van der Waals surface area contributed by atoms with Crippen LogP contribution in [0, 0.1) is 0 Å². The maximum Gasteiger partial charge on any atom is 0.251 e. The number of benzene rings is 1. The van der Waals surface area contributed by atoms with Gasteiger partial charge in [0, 0.05) is 31.4 Å². The van der Waals surface area contributed by atoms with E-state index in [-0.39, 0.29) is 5.91 Å². The molecule has 0 spiro atoms. The van der Waals surface area contributed by atoms with Crippen LogP contribution in [0.2, 0.25) is 0 Å². The average molecular weight is 313 g/mol. The molecular formula is C18H23N3O2. The standard InChI is InChI=1S/C18H23N3O2/c1-4-21(5-2)17-12-15(10-11-19-17)18(22)20-13-14-6-8-16(23-3)9-7-14/h6-12H,4-5,13H2,1-3H3,(H,20,22). The van der Waals surface area contributed by atoms with Gasteiger partial charge in [0.05, 0.1) is 7.11 Å². The first-order chi connectivity index (χ1) is 11.2. The van der Waals surface area contributed by atoms with Crippen molar-refractivity contribution in [2.24, 2.45) is 0 Å². The van der Waals surface area contributed by atoms with E-state index in [1.165, 1.54) is 0 Å². The fraction of sp³-hybridized carbons (Fsp3) is 0.333. The van der Waals surface area contributed by atoms with Gasteiger partial charge in [-0.25, -0.2) is 4.98 Å². The highest BCUT2D eigenvalue weighted by Crippen LogP contribution is 2.13. The maximum atomic E-state index is 12.3.